The number of para-hydroxylation sites is 1. The standard InChI is InChI=1S/C17H23NO2S/c1-3-10-18-16(13-21-12-14-7-6-11-20-14)15-8-4-5-9-17(15)19-2/h4-9,11,16,18H,3,10,12-13H2,1-2H3. The van der Waals surface area contributed by atoms with Gasteiger partial charge < -0.3 is 14.5 Å². The Hall–Kier alpha value is -1.39. The fourth-order valence-corrected chi connectivity index (χ4v) is 3.22. The molecule has 0 spiro atoms. The summed E-state index contributed by atoms with van der Waals surface area (Å²) >= 11 is 1.87. The van der Waals surface area contributed by atoms with Crippen LogP contribution in [0.3, 0.4) is 0 Å². The third kappa shape index (κ3) is 4.83. The summed E-state index contributed by atoms with van der Waals surface area (Å²) in [7, 11) is 1.73. The Morgan fingerprint density at radius 3 is 2.81 bits per heavy atom. The summed E-state index contributed by atoms with van der Waals surface area (Å²) in [5.74, 6) is 3.85. The summed E-state index contributed by atoms with van der Waals surface area (Å²) in [4.78, 5) is 0. The maximum absolute atomic E-state index is 5.49. The van der Waals surface area contributed by atoms with E-state index in [9.17, 15) is 0 Å². The summed E-state index contributed by atoms with van der Waals surface area (Å²) in [6, 6.07) is 12.5. The molecule has 1 N–H and O–H groups in total. The van der Waals surface area contributed by atoms with Gasteiger partial charge in [0.2, 0.25) is 0 Å². The lowest BCUT2D eigenvalue weighted by molar-refractivity contribution is 0.402. The molecular weight excluding hydrogens is 282 g/mol. The molecule has 0 fully saturated rings. The van der Waals surface area contributed by atoms with Gasteiger partial charge in [-0.15, -0.1) is 0 Å². The third-order valence-electron chi connectivity index (χ3n) is 3.26. The number of ether oxygens (including phenoxy) is 1. The molecule has 1 heterocycles. The Kier molecular flexibility index (Phi) is 6.70. The van der Waals surface area contributed by atoms with Crippen LogP contribution >= 0.6 is 11.8 Å². The molecule has 0 aliphatic heterocycles. The van der Waals surface area contributed by atoms with Crippen molar-refractivity contribution in [2.45, 2.75) is 25.1 Å². The van der Waals surface area contributed by atoms with Gasteiger partial charge in [-0.2, -0.15) is 11.8 Å². The fraction of sp³-hybridized carbons (Fsp3) is 0.412. The van der Waals surface area contributed by atoms with Crippen LogP contribution in [0.5, 0.6) is 5.75 Å². The molecule has 21 heavy (non-hydrogen) atoms. The lowest BCUT2D eigenvalue weighted by Gasteiger charge is -2.20. The van der Waals surface area contributed by atoms with Crippen molar-refractivity contribution in [1.82, 2.24) is 5.32 Å². The first-order valence-electron chi connectivity index (χ1n) is 7.31. The zero-order chi connectivity index (χ0) is 14.9. The van der Waals surface area contributed by atoms with Crippen molar-refractivity contribution >= 4 is 11.8 Å². The van der Waals surface area contributed by atoms with Crippen LogP contribution in [0.1, 0.15) is 30.7 Å². The second-order valence-corrected chi connectivity index (χ2v) is 5.87. The number of hydrogen-bond donors (Lipinski definition) is 1. The van der Waals surface area contributed by atoms with Crippen molar-refractivity contribution in [2.24, 2.45) is 0 Å². The Bertz CT molecular complexity index is 513. The molecule has 0 aliphatic rings. The SMILES string of the molecule is CCCNC(CSCc1ccco1)c1ccccc1OC. The highest BCUT2D eigenvalue weighted by molar-refractivity contribution is 7.98. The number of nitrogens with one attached hydrogen (secondary N) is 1. The van der Waals surface area contributed by atoms with E-state index < -0.39 is 0 Å². The summed E-state index contributed by atoms with van der Waals surface area (Å²) < 4.78 is 10.9. The minimum absolute atomic E-state index is 0.293. The van der Waals surface area contributed by atoms with Gasteiger partial charge in [-0.3, -0.25) is 0 Å². The largest absolute Gasteiger partial charge is 0.496 e. The molecule has 0 radical (unpaired) electrons. The topological polar surface area (TPSA) is 34.4 Å². The van der Waals surface area contributed by atoms with Gasteiger partial charge in [0.05, 0.1) is 19.1 Å². The molecule has 4 heteroatoms. The van der Waals surface area contributed by atoms with Gasteiger partial charge in [0.1, 0.15) is 11.5 Å². The average molecular weight is 305 g/mol. The molecule has 1 atom stereocenters. The highest BCUT2D eigenvalue weighted by Gasteiger charge is 2.15. The van der Waals surface area contributed by atoms with E-state index in [0.29, 0.717) is 6.04 Å². The number of thioether (sulfide) groups is 1. The van der Waals surface area contributed by atoms with Crippen LogP contribution in [0, 0.1) is 0 Å². The number of benzene rings is 1. The van der Waals surface area contributed by atoms with Crippen molar-refractivity contribution in [2.75, 3.05) is 19.4 Å². The van der Waals surface area contributed by atoms with E-state index in [1.807, 2.05) is 36.0 Å². The maximum atomic E-state index is 5.49. The van der Waals surface area contributed by atoms with Gasteiger partial charge in [-0.05, 0) is 31.2 Å². The Balaban J connectivity index is 1.99. The van der Waals surface area contributed by atoms with Crippen LogP contribution in [0.4, 0.5) is 0 Å². The molecule has 2 aromatic rings. The summed E-state index contributed by atoms with van der Waals surface area (Å²) in [6.45, 7) is 3.19. The van der Waals surface area contributed by atoms with E-state index in [-0.39, 0.29) is 0 Å². The van der Waals surface area contributed by atoms with Crippen molar-refractivity contribution in [3.8, 4) is 5.75 Å². The predicted octanol–water partition coefficient (Wildman–Crippen LogP) is 4.26. The van der Waals surface area contributed by atoms with E-state index in [4.69, 9.17) is 9.15 Å². The van der Waals surface area contributed by atoms with Gasteiger partial charge in [-0.1, -0.05) is 25.1 Å². The average Bonchev–Trinajstić information content (AvgIpc) is 3.04. The lowest BCUT2D eigenvalue weighted by atomic mass is 10.1. The van der Waals surface area contributed by atoms with Gasteiger partial charge in [0.15, 0.2) is 0 Å². The van der Waals surface area contributed by atoms with Gasteiger partial charge in [-0.25, -0.2) is 0 Å². The molecule has 2 rings (SSSR count). The third-order valence-corrected chi connectivity index (χ3v) is 4.32. The predicted molar refractivity (Wildman–Crippen MR) is 88.9 cm³/mol. The van der Waals surface area contributed by atoms with E-state index in [1.54, 1.807) is 13.4 Å². The Labute approximate surface area is 131 Å². The van der Waals surface area contributed by atoms with Crippen LogP contribution < -0.4 is 10.1 Å². The quantitative estimate of drug-likeness (QED) is 0.750. The maximum Gasteiger partial charge on any atom is 0.123 e. The first-order valence-corrected chi connectivity index (χ1v) is 8.47. The molecule has 0 saturated heterocycles. The molecule has 3 nitrogen and oxygen atoms in total. The molecule has 0 aliphatic carbocycles. The highest BCUT2D eigenvalue weighted by Crippen LogP contribution is 2.28. The highest BCUT2D eigenvalue weighted by atomic mass is 32.2. The minimum Gasteiger partial charge on any atom is -0.496 e. The summed E-state index contributed by atoms with van der Waals surface area (Å²) in [5.41, 5.74) is 1.22. The van der Waals surface area contributed by atoms with E-state index in [2.05, 4.69) is 24.4 Å². The van der Waals surface area contributed by atoms with Crippen molar-refractivity contribution in [1.29, 1.82) is 0 Å². The van der Waals surface area contributed by atoms with E-state index in [0.717, 1.165) is 36.0 Å². The van der Waals surface area contributed by atoms with E-state index in [1.165, 1.54) is 5.56 Å². The molecular formula is C17H23NO2S. The van der Waals surface area contributed by atoms with Crippen LogP contribution in [0.15, 0.2) is 47.1 Å². The van der Waals surface area contributed by atoms with Gasteiger partial charge in [0, 0.05) is 17.4 Å². The second kappa shape index (κ2) is 8.80. The van der Waals surface area contributed by atoms with Crippen LogP contribution in [-0.2, 0) is 5.75 Å². The molecule has 1 unspecified atom stereocenters. The lowest BCUT2D eigenvalue weighted by Crippen LogP contribution is -2.24. The Morgan fingerprint density at radius 2 is 2.10 bits per heavy atom. The van der Waals surface area contributed by atoms with Crippen molar-refractivity contribution < 1.29 is 9.15 Å². The number of hydrogen-bond acceptors (Lipinski definition) is 4. The van der Waals surface area contributed by atoms with Crippen LogP contribution in [0.25, 0.3) is 0 Å². The molecule has 0 amide bonds. The molecule has 0 saturated carbocycles. The molecule has 1 aromatic carbocycles. The zero-order valence-electron chi connectivity index (χ0n) is 12.7. The molecule has 0 bridgehead atoms. The molecule has 1 aromatic heterocycles. The van der Waals surface area contributed by atoms with Crippen LogP contribution in [0.2, 0.25) is 0 Å². The van der Waals surface area contributed by atoms with Gasteiger partial charge in [0.25, 0.3) is 0 Å². The summed E-state index contributed by atoms with van der Waals surface area (Å²) in [5, 5.41) is 3.61. The monoisotopic (exact) mass is 305 g/mol. The van der Waals surface area contributed by atoms with Crippen molar-refractivity contribution in [3.63, 3.8) is 0 Å². The first-order chi connectivity index (χ1) is 10.3. The van der Waals surface area contributed by atoms with E-state index >= 15 is 0 Å². The first kappa shape index (κ1) is 16.0. The van der Waals surface area contributed by atoms with Crippen LogP contribution in [-0.4, -0.2) is 19.4 Å². The van der Waals surface area contributed by atoms with Gasteiger partial charge >= 0.3 is 0 Å². The van der Waals surface area contributed by atoms with Crippen molar-refractivity contribution in [3.05, 3.63) is 54.0 Å². The molecule has 114 valence electrons. The number of methoxy groups -OCH3 is 1. The number of furan rings is 1. The Morgan fingerprint density at radius 1 is 1.24 bits per heavy atom. The number of rotatable bonds is 9. The zero-order valence-corrected chi connectivity index (χ0v) is 13.5. The fourth-order valence-electron chi connectivity index (χ4n) is 2.20. The normalized spacial score (nSPS) is 12.3. The second-order valence-electron chi connectivity index (χ2n) is 4.84. The summed E-state index contributed by atoms with van der Waals surface area (Å²) in [6.07, 6.45) is 2.84. The smallest absolute Gasteiger partial charge is 0.123 e. The minimum atomic E-state index is 0.293.